The van der Waals surface area contributed by atoms with Gasteiger partial charge in [-0.05, 0) is 50.0 Å². The van der Waals surface area contributed by atoms with Crippen LogP contribution in [0, 0.1) is 0 Å². The summed E-state index contributed by atoms with van der Waals surface area (Å²) in [6.45, 7) is 0.286. The maximum absolute atomic E-state index is 2.64. The minimum absolute atomic E-state index is 0.286. The molecule has 4 aliphatic heterocycles. The van der Waals surface area contributed by atoms with E-state index in [0.717, 1.165) is 0 Å². The lowest BCUT2D eigenvalue weighted by Crippen LogP contribution is -2.55. The maximum atomic E-state index is 2.64. The average Bonchev–Trinajstić information content (AvgIpc) is 3.23. The molecular formula is C32H16BN. The zero-order valence-electron chi connectivity index (χ0n) is 18.3. The zero-order chi connectivity index (χ0) is 21.7. The molecule has 0 aliphatic carbocycles. The summed E-state index contributed by atoms with van der Waals surface area (Å²) in [4.78, 5) is 2.64. The van der Waals surface area contributed by atoms with Crippen LogP contribution in [-0.4, -0.2) is 6.71 Å². The van der Waals surface area contributed by atoms with E-state index in [1.807, 2.05) is 0 Å². The largest absolute Gasteiger partial charge is 0.309 e. The number of hydrogen-bond donors (Lipinski definition) is 0. The van der Waals surface area contributed by atoms with Gasteiger partial charge in [-0.25, -0.2) is 0 Å². The van der Waals surface area contributed by atoms with Gasteiger partial charge >= 0.3 is 0 Å². The lowest BCUT2D eigenvalue weighted by molar-refractivity contribution is 1.30. The molecule has 1 nitrogen and oxygen atoms in total. The van der Waals surface area contributed by atoms with E-state index in [9.17, 15) is 0 Å². The Kier molecular flexibility index (Phi) is 2.45. The molecule has 10 rings (SSSR count). The molecule has 152 valence electrons. The first-order chi connectivity index (χ1) is 16.9. The van der Waals surface area contributed by atoms with Crippen LogP contribution in [0.25, 0.3) is 54.9 Å². The van der Waals surface area contributed by atoms with Crippen molar-refractivity contribution in [2.45, 2.75) is 0 Å². The monoisotopic (exact) mass is 425 g/mol. The number of rotatable bonds is 0. The average molecular weight is 425 g/mol. The molecule has 0 N–H and O–H groups in total. The van der Waals surface area contributed by atoms with Crippen LogP contribution in [0.3, 0.4) is 0 Å². The predicted molar refractivity (Wildman–Crippen MR) is 144 cm³/mol. The highest BCUT2D eigenvalue weighted by atomic mass is 15.2. The van der Waals surface area contributed by atoms with E-state index in [2.05, 4.69) is 102 Å². The predicted octanol–water partition coefficient (Wildman–Crippen LogP) is 6.23. The first kappa shape index (κ1) is 16.3. The molecule has 6 aromatic rings. The van der Waals surface area contributed by atoms with Crippen molar-refractivity contribution >= 4 is 61.7 Å². The summed E-state index contributed by atoms with van der Waals surface area (Å²) in [6, 6.07) is 36.8. The second kappa shape index (κ2) is 5.10. The molecule has 0 unspecified atom stereocenters. The van der Waals surface area contributed by atoms with Gasteiger partial charge in [-0.2, -0.15) is 0 Å². The fourth-order valence-electron chi connectivity index (χ4n) is 7.52. The van der Waals surface area contributed by atoms with Crippen molar-refractivity contribution in [2.75, 3.05) is 4.90 Å². The second-order valence-corrected chi connectivity index (χ2v) is 10.1. The lowest BCUT2D eigenvalue weighted by atomic mass is 9.36. The van der Waals surface area contributed by atoms with Crippen molar-refractivity contribution in [3.63, 3.8) is 0 Å². The summed E-state index contributed by atoms with van der Waals surface area (Å²) < 4.78 is 0. The third-order valence-corrected chi connectivity index (χ3v) is 8.68. The molecule has 6 aromatic carbocycles. The number of benzene rings is 6. The summed E-state index contributed by atoms with van der Waals surface area (Å²) in [5, 5.41) is 5.48. The number of hydrogen-bond acceptors (Lipinski definition) is 1. The quantitative estimate of drug-likeness (QED) is 0.260. The fraction of sp³-hybridized carbons (Fsp3) is 0. The molecule has 0 bridgehead atoms. The van der Waals surface area contributed by atoms with Gasteiger partial charge < -0.3 is 4.90 Å². The van der Waals surface area contributed by atoms with Crippen molar-refractivity contribution in [3.05, 3.63) is 97.1 Å². The lowest BCUT2D eigenvalue weighted by Gasteiger charge is -2.44. The van der Waals surface area contributed by atoms with Gasteiger partial charge in [-0.1, -0.05) is 96.5 Å². The highest BCUT2D eigenvalue weighted by Crippen LogP contribution is 2.60. The topological polar surface area (TPSA) is 3.24 Å². The summed E-state index contributed by atoms with van der Waals surface area (Å²) in [5.74, 6) is 0. The SMILES string of the molecule is c1ccc2c(c1)B1c3ccc4cccc5c4c3N3c4c-5cccc4-c4cccc5cc-2c1c3c45. The Morgan fingerprint density at radius 2 is 1.12 bits per heavy atom. The van der Waals surface area contributed by atoms with Crippen molar-refractivity contribution in [1.29, 1.82) is 0 Å². The highest BCUT2D eigenvalue weighted by molar-refractivity contribution is 7.02. The first-order valence-electron chi connectivity index (χ1n) is 12.1. The molecule has 0 spiro atoms. The van der Waals surface area contributed by atoms with E-state index in [-0.39, 0.29) is 6.71 Å². The molecule has 0 amide bonds. The van der Waals surface area contributed by atoms with Gasteiger partial charge in [0.2, 0.25) is 6.71 Å². The van der Waals surface area contributed by atoms with E-state index < -0.39 is 0 Å². The van der Waals surface area contributed by atoms with Gasteiger partial charge in [0.15, 0.2) is 0 Å². The second-order valence-electron chi connectivity index (χ2n) is 10.1. The molecule has 0 saturated heterocycles. The van der Waals surface area contributed by atoms with E-state index in [1.165, 1.54) is 88.4 Å². The standard InChI is InChI=1S/C32H16BN/c1-2-13-25-19(8-1)24-16-18-7-4-10-21-23-12-5-11-22-20-9-3-6-17-14-15-26-31(27(17)20)34(30(22)23)32(28(18)21)29(24)33(25)26/h1-16H. The Morgan fingerprint density at radius 1 is 0.441 bits per heavy atom. The first-order valence-corrected chi connectivity index (χ1v) is 12.1. The fourth-order valence-corrected chi connectivity index (χ4v) is 7.52. The Balaban J connectivity index is 1.56. The van der Waals surface area contributed by atoms with Crippen LogP contribution in [0.5, 0.6) is 0 Å². The number of para-hydroxylation sites is 1. The normalized spacial score (nSPS) is 14.4. The van der Waals surface area contributed by atoms with E-state index in [1.54, 1.807) is 0 Å². The minimum atomic E-state index is 0.286. The van der Waals surface area contributed by atoms with Crippen LogP contribution in [0.15, 0.2) is 97.1 Å². The zero-order valence-corrected chi connectivity index (χ0v) is 18.3. The third-order valence-electron chi connectivity index (χ3n) is 8.68. The molecule has 2 heteroatoms. The van der Waals surface area contributed by atoms with Crippen LogP contribution in [0.2, 0.25) is 0 Å². The Hall–Kier alpha value is -4.30. The Labute approximate surface area is 197 Å². The van der Waals surface area contributed by atoms with E-state index in [0.29, 0.717) is 0 Å². The maximum Gasteiger partial charge on any atom is 0.248 e. The van der Waals surface area contributed by atoms with Crippen LogP contribution < -0.4 is 21.3 Å². The summed E-state index contributed by atoms with van der Waals surface area (Å²) in [7, 11) is 0. The van der Waals surface area contributed by atoms with Crippen LogP contribution in [0.1, 0.15) is 0 Å². The Bertz CT molecular complexity index is 1980. The molecule has 4 heterocycles. The van der Waals surface area contributed by atoms with Crippen LogP contribution in [-0.2, 0) is 0 Å². The van der Waals surface area contributed by atoms with Crippen LogP contribution in [0.4, 0.5) is 17.1 Å². The van der Waals surface area contributed by atoms with E-state index in [4.69, 9.17) is 0 Å². The highest BCUT2D eigenvalue weighted by Gasteiger charge is 2.47. The van der Waals surface area contributed by atoms with Gasteiger partial charge in [0.05, 0.1) is 11.4 Å². The number of nitrogens with zero attached hydrogens (tertiary/aromatic N) is 1. The van der Waals surface area contributed by atoms with Gasteiger partial charge in [-0.15, -0.1) is 0 Å². The number of anilines is 3. The van der Waals surface area contributed by atoms with Crippen molar-refractivity contribution < 1.29 is 0 Å². The molecule has 0 radical (unpaired) electrons. The van der Waals surface area contributed by atoms with Crippen molar-refractivity contribution in [3.8, 4) is 33.4 Å². The summed E-state index contributed by atoms with van der Waals surface area (Å²) in [5.41, 5.74) is 16.8. The molecule has 34 heavy (non-hydrogen) atoms. The minimum Gasteiger partial charge on any atom is -0.309 e. The van der Waals surface area contributed by atoms with Crippen molar-refractivity contribution in [1.82, 2.24) is 0 Å². The van der Waals surface area contributed by atoms with Gasteiger partial charge in [0.25, 0.3) is 0 Å². The molecule has 0 atom stereocenters. The van der Waals surface area contributed by atoms with E-state index >= 15 is 0 Å². The third kappa shape index (κ3) is 1.53. The molecule has 4 aliphatic rings. The van der Waals surface area contributed by atoms with Crippen molar-refractivity contribution in [2.24, 2.45) is 0 Å². The molecular weight excluding hydrogens is 409 g/mol. The van der Waals surface area contributed by atoms with Crippen LogP contribution >= 0.6 is 0 Å². The van der Waals surface area contributed by atoms with Gasteiger partial charge in [0, 0.05) is 27.6 Å². The van der Waals surface area contributed by atoms with Gasteiger partial charge in [-0.3, -0.25) is 0 Å². The summed E-state index contributed by atoms with van der Waals surface area (Å²) >= 11 is 0. The smallest absolute Gasteiger partial charge is 0.248 e. The number of fused-ring (bicyclic) bond motifs is 6. The molecule has 0 aromatic heterocycles. The molecule has 0 fully saturated rings. The molecule has 0 saturated carbocycles. The van der Waals surface area contributed by atoms with Gasteiger partial charge in [0.1, 0.15) is 0 Å². The summed E-state index contributed by atoms with van der Waals surface area (Å²) in [6.07, 6.45) is 0. The Morgan fingerprint density at radius 3 is 1.97 bits per heavy atom.